The van der Waals surface area contributed by atoms with Crippen LogP contribution >= 0.6 is 22.7 Å². The van der Waals surface area contributed by atoms with Gasteiger partial charge in [-0.05, 0) is 18.4 Å². The molecule has 0 unspecified atom stereocenters. The Morgan fingerprint density at radius 3 is 2.68 bits per heavy atom. The average molecular weight is 322 g/mol. The van der Waals surface area contributed by atoms with Gasteiger partial charge in [-0.25, -0.2) is 4.98 Å². The molecule has 1 aromatic carbocycles. The zero-order valence-electron chi connectivity index (χ0n) is 11.6. The van der Waals surface area contributed by atoms with Crippen molar-refractivity contribution in [3.63, 3.8) is 0 Å². The monoisotopic (exact) mass is 322 g/mol. The van der Waals surface area contributed by atoms with Crippen LogP contribution < -0.4 is 0 Å². The van der Waals surface area contributed by atoms with Crippen molar-refractivity contribution >= 4 is 27.6 Å². The Hall–Kier alpha value is -2.49. The summed E-state index contributed by atoms with van der Waals surface area (Å²) in [6.07, 6.45) is 0. The predicted molar refractivity (Wildman–Crippen MR) is 89.1 cm³/mol. The molecule has 0 aliphatic carbocycles. The zero-order chi connectivity index (χ0) is 15.1. The van der Waals surface area contributed by atoms with E-state index in [0.29, 0.717) is 11.4 Å². The van der Waals surface area contributed by atoms with E-state index < -0.39 is 0 Å². The largest absolute Gasteiger partial charge is 0.215 e. The van der Waals surface area contributed by atoms with Crippen LogP contribution in [0.5, 0.6) is 0 Å². The zero-order valence-corrected chi connectivity index (χ0v) is 13.3. The Kier molecular flexibility index (Phi) is 3.03. The minimum absolute atomic E-state index is 0.493. The lowest BCUT2D eigenvalue weighted by molar-refractivity contribution is 0.960. The number of rotatable bonds is 2. The number of imidazole rings is 1. The van der Waals surface area contributed by atoms with Gasteiger partial charge in [-0.2, -0.15) is 14.9 Å². The van der Waals surface area contributed by atoms with Gasteiger partial charge >= 0.3 is 0 Å². The van der Waals surface area contributed by atoms with Gasteiger partial charge in [-0.3, -0.25) is 0 Å². The van der Waals surface area contributed by atoms with Gasteiger partial charge in [0, 0.05) is 5.56 Å². The molecule has 4 nitrogen and oxygen atoms in total. The summed E-state index contributed by atoms with van der Waals surface area (Å²) in [5.41, 5.74) is 3.46. The van der Waals surface area contributed by atoms with Crippen LogP contribution in [0.1, 0.15) is 11.3 Å². The van der Waals surface area contributed by atoms with Crippen LogP contribution in [0.3, 0.4) is 0 Å². The Morgan fingerprint density at radius 1 is 1.18 bits per heavy atom. The third kappa shape index (κ3) is 2.03. The topological polar surface area (TPSA) is 54.0 Å². The Labute approximate surface area is 134 Å². The number of aryl methyl sites for hydroxylation is 1. The van der Waals surface area contributed by atoms with Crippen LogP contribution in [0.25, 0.3) is 26.1 Å². The fraction of sp³-hybridized carbons (Fsp3) is 0.0625. The summed E-state index contributed by atoms with van der Waals surface area (Å²) in [6, 6.07) is 14.4. The maximum Gasteiger partial charge on any atom is 0.214 e. The predicted octanol–water partition coefficient (Wildman–Crippen LogP) is 4.37. The summed E-state index contributed by atoms with van der Waals surface area (Å²) in [5.74, 6) is 0. The van der Waals surface area contributed by atoms with Crippen molar-refractivity contribution in [1.29, 1.82) is 5.26 Å². The maximum atomic E-state index is 9.48. The Balaban J connectivity index is 1.88. The van der Waals surface area contributed by atoms with Crippen molar-refractivity contribution in [3.8, 4) is 27.2 Å². The smallest absolute Gasteiger partial charge is 0.214 e. The van der Waals surface area contributed by atoms with Crippen molar-refractivity contribution in [2.45, 2.75) is 6.92 Å². The third-order valence-corrected chi connectivity index (χ3v) is 5.20. The molecule has 3 heterocycles. The van der Waals surface area contributed by atoms with Gasteiger partial charge in [0.2, 0.25) is 4.96 Å². The SMILES string of the molecule is Cc1ccc(-c2nn3c(C#N)c(-c4cccs4)nc3s2)cc1. The van der Waals surface area contributed by atoms with Crippen LogP contribution in [0, 0.1) is 18.3 Å². The Morgan fingerprint density at radius 2 is 2.00 bits per heavy atom. The summed E-state index contributed by atoms with van der Waals surface area (Å²) >= 11 is 3.07. The molecule has 0 aliphatic heterocycles. The summed E-state index contributed by atoms with van der Waals surface area (Å²) in [7, 11) is 0. The van der Waals surface area contributed by atoms with Crippen LogP contribution in [0.4, 0.5) is 0 Å². The van der Waals surface area contributed by atoms with Gasteiger partial charge in [0.15, 0.2) is 5.69 Å². The van der Waals surface area contributed by atoms with Crippen LogP contribution in [-0.2, 0) is 0 Å². The van der Waals surface area contributed by atoms with E-state index in [2.05, 4.69) is 35.2 Å². The van der Waals surface area contributed by atoms with E-state index in [1.807, 2.05) is 29.6 Å². The number of hydrogen-bond donors (Lipinski definition) is 0. The number of nitrogens with zero attached hydrogens (tertiary/aromatic N) is 4. The fourth-order valence-corrected chi connectivity index (χ4v) is 3.87. The molecule has 0 aliphatic rings. The van der Waals surface area contributed by atoms with Crippen LogP contribution in [0.15, 0.2) is 41.8 Å². The fourth-order valence-electron chi connectivity index (χ4n) is 2.25. The van der Waals surface area contributed by atoms with E-state index in [1.54, 1.807) is 15.9 Å². The summed E-state index contributed by atoms with van der Waals surface area (Å²) < 4.78 is 1.65. The molecule has 0 amide bonds. The van der Waals surface area contributed by atoms with E-state index in [1.165, 1.54) is 16.9 Å². The second-order valence-corrected chi connectivity index (χ2v) is 6.77. The molecule has 0 saturated heterocycles. The molecular weight excluding hydrogens is 312 g/mol. The first kappa shape index (κ1) is 13.2. The van der Waals surface area contributed by atoms with Crippen molar-refractivity contribution in [2.75, 3.05) is 0 Å². The first-order valence-electron chi connectivity index (χ1n) is 6.67. The van der Waals surface area contributed by atoms with Crippen molar-refractivity contribution in [3.05, 3.63) is 53.0 Å². The van der Waals surface area contributed by atoms with E-state index in [0.717, 1.165) is 20.4 Å². The summed E-state index contributed by atoms with van der Waals surface area (Å²) in [6.45, 7) is 2.06. The van der Waals surface area contributed by atoms with Crippen LogP contribution in [-0.4, -0.2) is 14.6 Å². The lowest BCUT2D eigenvalue weighted by Crippen LogP contribution is -1.90. The number of benzene rings is 1. The molecule has 6 heteroatoms. The van der Waals surface area contributed by atoms with Crippen molar-refractivity contribution < 1.29 is 0 Å². The molecule has 0 radical (unpaired) electrons. The Bertz CT molecular complexity index is 986. The molecular formula is C16H10N4S2. The van der Waals surface area contributed by atoms with Gasteiger partial charge in [0.05, 0.1) is 4.88 Å². The lowest BCUT2D eigenvalue weighted by Gasteiger charge is -1.96. The standard InChI is InChI=1S/C16H10N4S2/c1-10-4-6-11(7-5-10)15-19-20-12(9-17)14(18-16(20)22-15)13-3-2-8-21-13/h2-8H,1H3. The molecule has 106 valence electrons. The van der Waals surface area contributed by atoms with Gasteiger partial charge in [0.1, 0.15) is 16.8 Å². The third-order valence-electron chi connectivity index (χ3n) is 3.36. The number of aromatic nitrogens is 3. The van der Waals surface area contributed by atoms with Crippen molar-refractivity contribution in [1.82, 2.24) is 14.6 Å². The van der Waals surface area contributed by atoms with Crippen molar-refractivity contribution in [2.24, 2.45) is 0 Å². The first-order chi connectivity index (χ1) is 10.8. The molecule has 0 N–H and O–H groups in total. The number of hydrogen-bond acceptors (Lipinski definition) is 5. The lowest BCUT2D eigenvalue weighted by atomic mass is 10.2. The maximum absolute atomic E-state index is 9.48. The summed E-state index contributed by atoms with van der Waals surface area (Å²) in [4.78, 5) is 6.33. The van der Waals surface area contributed by atoms with Gasteiger partial charge in [-0.1, -0.05) is 47.2 Å². The average Bonchev–Trinajstić information content (AvgIpc) is 3.22. The van der Waals surface area contributed by atoms with E-state index in [4.69, 9.17) is 0 Å². The van der Waals surface area contributed by atoms with E-state index >= 15 is 0 Å². The second-order valence-electron chi connectivity index (χ2n) is 4.87. The molecule has 3 aromatic heterocycles. The molecule has 22 heavy (non-hydrogen) atoms. The molecule has 0 atom stereocenters. The highest BCUT2D eigenvalue weighted by Crippen LogP contribution is 2.32. The number of nitriles is 1. The normalized spacial score (nSPS) is 10.9. The molecule has 0 fully saturated rings. The highest BCUT2D eigenvalue weighted by molar-refractivity contribution is 7.20. The molecule has 0 spiro atoms. The quantitative estimate of drug-likeness (QED) is 0.551. The van der Waals surface area contributed by atoms with E-state index in [-0.39, 0.29) is 0 Å². The molecule has 4 aromatic rings. The molecule has 0 bridgehead atoms. The number of fused-ring (bicyclic) bond motifs is 1. The van der Waals surface area contributed by atoms with Gasteiger partial charge < -0.3 is 0 Å². The van der Waals surface area contributed by atoms with Crippen LogP contribution in [0.2, 0.25) is 0 Å². The van der Waals surface area contributed by atoms with E-state index in [9.17, 15) is 5.26 Å². The minimum Gasteiger partial charge on any atom is -0.215 e. The van der Waals surface area contributed by atoms with Gasteiger partial charge in [-0.15, -0.1) is 11.3 Å². The molecule has 0 saturated carbocycles. The molecule has 4 rings (SSSR count). The second kappa shape index (κ2) is 5.05. The summed E-state index contributed by atoms with van der Waals surface area (Å²) in [5, 5.41) is 16.9. The highest BCUT2D eigenvalue weighted by Gasteiger charge is 2.18. The number of thiophene rings is 1. The highest BCUT2D eigenvalue weighted by atomic mass is 32.1. The first-order valence-corrected chi connectivity index (χ1v) is 8.36. The van der Waals surface area contributed by atoms with Gasteiger partial charge in [0.25, 0.3) is 0 Å². The minimum atomic E-state index is 0.493.